The first-order chi connectivity index (χ1) is 16.0. The zero-order chi connectivity index (χ0) is 23.2. The molecule has 5 heteroatoms. The molecule has 0 radical (unpaired) electrons. The summed E-state index contributed by atoms with van der Waals surface area (Å²) < 4.78 is 5.20. The molecular formula is C28H30N2O3. The van der Waals surface area contributed by atoms with Crippen molar-refractivity contribution < 1.29 is 14.3 Å². The highest BCUT2D eigenvalue weighted by Gasteiger charge is 2.31. The van der Waals surface area contributed by atoms with Gasteiger partial charge in [-0.25, -0.2) is 0 Å². The van der Waals surface area contributed by atoms with Crippen molar-refractivity contribution in [2.24, 2.45) is 5.92 Å². The third-order valence-corrected chi connectivity index (χ3v) is 6.31. The third kappa shape index (κ3) is 5.43. The Kier molecular flexibility index (Phi) is 7.08. The van der Waals surface area contributed by atoms with Crippen molar-refractivity contribution in [1.29, 1.82) is 0 Å². The first-order valence-corrected chi connectivity index (χ1v) is 11.3. The van der Waals surface area contributed by atoms with Crippen LogP contribution in [0.4, 0.5) is 0 Å². The van der Waals surface area contributed by atoms with Gasteiger partial charge in [0.25, 0.3) is 0 Å². The monoisotopic (exact) mass is 442 g/mol. The van der Waals surface area contributed by atoms with Gasteiger partial charge < -0.3 is 14.5 Å². The van der Waals surface area contributed by atoms with Crippen LogP contribution in [-0.2, 0) is 22.4 Å². The van der Waals surface area contributed by atoms with Crippen LogP contribution in [-0.4, -0.2) is 55.4 Å². The quantitative estimate of drug-likeness (QED) is 0.578. The van der Waals surface area contributed by atoms with Gasteiger partial charge in [0.2, 0.25) is 11.8 Å². The van der Waals surface area contributed by atoms with Crippen LogP contribution in [0.15, 0.2) is 78.9 Å². The minimum Gasteiger partial charge on any atom is -0.497 e. The molecule has 5 nitrogen and oxygen atoms in total. The average Bonchev–Trinajstić information content (AvgIpc) is 2.99. The lowest BCUT2D eigenvalue weighted by molar-refractivity contribution is -0.133. The lowest BCUT2D eigenvalue weighted by Crippen LogP contribution is -2.38. The minimum absolute atomic E-state index is 0.0459. The van der Waals surface area contributed by atoms with Crippen LogP contribution in [0.2, 0.25) is 0 Å². The van der Waals surface area contributed by atoms with Gasteiger partial charge in [0.05, 0.1) is 19.4 Å². The maximum atomic E-state index is 13.2. The van der Waals surface area contributed by atoms with E-state index in [0.29, 0.717) is 32.5 Å². The van der Waals surface area contributed by atoms with Gasteiger partial charge in [-0.3, -0.25) is 9.59 Å². The maximum Gasteiger partial charge on any atom is 0.227 e. The number of amides is 2. The van der Waals surface area contributed by atoms with Gasteiger partial charge in [0.15, 0.2) is 0 Å². The Morgan fingerprint density at radius 2 is 1.64 bits per heavy atom. The molecule has 0 saturated carbocycles. The fraction of sp³-hybridized carbons (Fsp3) is 0.286. The van der Waals surface area contributed by atoms with Crippen molar-refractivity contribution in [3.05, 3.63) is 90.0 Å². The van der Waals surface area contributed by atoms with Crippen LogP contribution >= 0.6 is 0 Å². The Morgan fingerprint density at radius 3 is 2.36 bits per heavy atom. The molecule has 1 aliphatic rings. The Hall–Kier alpha value is -3.60. The number of nitrogens with zero attached hydrogens (tertiary/aromatic N) is 2. The largest absolute Gasteiger partial charge is 0.497 e. The Morgan fingerprint density at radius 1 is 0.939 bits per heavy atom. The molecular weight excluding hydrogens is 412 g/mol. The smallest absolute Gasteiger partial charge is 0.227 e. The molecule has 2 amide bonds. The fourth-order valence-electron chi connectivity index (χ4n) is 4.40. The number of hydrogen-bond acceptors (Lipinski definition) is 3. The molecule has 1 atom stereocenters. The molecule has 0 aliphatic carbocycles. The van der Waals surface area contributed by atoms with Crippen molar-refractivity contribution in [2.75, 3.05) is 33.8 Å². The second kappa shape index (κ2) is 10.3. The van der Waals surface area contributed by atoms with E-state index in [2.05, 4.69) is 24.3 Å². The molecule has 170 valence electrons. The minimum atomic E-state index is -0.276. The van der Waals surface area contributed by atoms with E-state index >= 15 is 0 Å². The molecule has 33 heavy (non-hydrogen) atoms. The first kappa shape index (κ1) is 22.6. The van der Waals surface area contributed by atoms with E-state index in [4.69, 9.17) is 4.74 Å². The summed E-state index contributed by atoms with van der Waals surface area (Å²) in [6.45, 7) is 1.53. The summed E-state index contributed by atoms with van der Waals surface area (Å²) in [7, 11) is 3.46. The molecule has 1 fully saturated rings. The lowest BCUT2D eigenvalue weighted by atomic mass is 9.91. The van der Waals surface area contributed by atoms with Gasteiger partial charge in [-0.1, -0.05) is 66.7 Å². The first-order valence-electron chi connectivity index (χ1n) is 11.3. The van der Waals surface area contributed by atoms with Crippen LogP contribution in [0.25, 0.3) is 11.1 Å². The summed E-state index contributed by atoms with van der Waals surface area (Å²) in [6.07, 6.45) is 0.912. The molecule has 0 spiro atoms. The molecule has 1 heterocycles. The fourth-order valence-corrected chi connectivity index (χ4v) is 4.40. The SMILES string of the molecule is COc1ccc(CC(=O)N2CCN(C)C(=O)[C@H](Cc3ccccc3-c3ccccc3)C2)cc1. The maximum absolute atomic E-state index is 13.2. The molecule has 4 rings (SSSR count). The summed E-state index contributed by atoms with van der Waals surface area (Å²) in [5, 5.41) is 0. The number of ether oxygens (including phenoxy) is 1. The lowest BCUT2D eigenvalue weighted by Gasteiger charge is -2.24. The topological polar surface area (TPSA) is 49.9 Å². The number of methoxy groups -OCH3 is 1. The van der Waals surface area contributed by atoms with Crippen molar-refractivity contribution in [3.8, 4) is 16.9 Å². The Bertz CT molecular complexity index is 1100. The van der Waals surface area contributed by atoms with E-state index < -0.39 is 0 Å². The van der Waals surface area contributed by atoms with E-state index in [1.165, 1.54) is 0 Å². The van der Waals surface area contributed by atoms with Gasteiger partial charge in [0, 0.05) is 26.7 Å². The van der Waals surface area contributed by atoms with Crippen LogP contribution in [0.5, 0.6) is 5.75 Å². The second-order valence-corrected chi connectivity index (χ2v) is 8.55. The van der Waals surface area contributed by atoms with Crippen LogP contribution in [0.3, 0.4) is 0 Å². The van der Waals surface area contributed by atoms with Crippen molar-refractivity contribution in [1.82, 2.24) is 9.80 Å². The highest BCUT2D eigenvalue weighted by atomic mass is 16.5. The van der Waals surface area contributed by atoms with Gasteiger partial charge in [0.1, 0.15) is 5.75 Å². The zero-order valence-corrected chi connectivity index (χ0v) is 19.2. The molecule has 0 unspecified atom stereocenters. The molecule has 3 aromatic carbocycles. The summed E-state index contributed by atoms with van der Waals surface area (Å²) in [4.78, 5) is 29.9. The second-order valence-electron chi connectivity index (χ2n) is 8.55. The number of benzene rings is 3. The average molecular weight is 443 g/mol. The van der Waals surface area contributed by atoms with E-state index in [1.807, 2.05) is 66.5 Å². The van der Waals surface area contributed by atoms with Crippen LogP contribution < -0.4 is 4.74 Å². The predicted molar refractivity (Wildman–Crippen MR) is 130 cm³/mol. The van der Waals surface area contributed by atoms with Crippen LogP contribution in [0.1, 0.15) is 11.1 Å². The van der Waals surface area contributed by atoms with E-state index in [1.54, 1.807) is 12.0 Å². The molecule has 3 aromatic rings. The van der Waals surface area contributed by atoms with Crippen molar-refractivity contribution >= 4 is 11.8 Å². The number of carbonyl (C=O) groups excluding carboxylic acids is 2. The van der Waals surface area contributed by atoms with E-state index in [9.17, 15) is 9.59 Å². The van der Waals surface area contributed by atoms with Crippen molar-refractivity contribution in [3.63, 3.8) is 0 Å². The van der Waals surface area contributed by atoms with Crippen molar-refractivity contribution in [2.45, 2.75) is 12.8 Å². The summed E-state index contributed by atoms with van der Waals surface area (Å²) in [6, 6.07) is 26.0. The van der Waals surface area contributed by atoms with E-state index in [-0.39, 0.29) is 17.7 Å². The summed E-state index contributed by atoms with van der Waals surface area (Å²) >= 11 is 0. The highest BCUT2D eigenvalue weighted by molar-refractivity contribution is 5.83. The predicted octanol–water partition coefficient (Wildman–Crippen LogP) is 4.06. The standard InChI is InChI=1S/C28H30N2O3/c1-29-16-17-30(27(31)18-21-12-14-25(33-2)15-13-21)20-24(28(29)32)19-23-10-6-7-11-26(23)22-8-4-3-5-9-22/h3-15,24H,16-20H2,1-2H3/t24-/m1/s1. The molecule has 0 aromatic heterocycles. The molecule has 0 N–H and O–H groups in total. The molecule has 0 bridgehead atoms. The van der Waals surface area contributed by atoms with E-state index in [0.717, 1.165) is 28.0 Å². The van der Waals surface area contributed by atoms with Gasteiger partial charge >= 0.3 is 0 Å². The molecule has 1 aliphatic heterocycles. The number of carbonyl (C=O) groups is 2. The normalized spacial score (nSPS) is 16.4. The molecule has 1 saturated heterocycles. The number of hydrogen-bond donors (Lipinski definition) is 0. The summed E-state index contributed by atoms with van der Waals surface area (Å²) in [5.74, 6) is 0.634. The van der Waals surface area contributed by atoms with Gasteiger partial charge in [-0.15, -0.1) is 0 Å². The number of rotatable bonds is 6. The van der Waals surface area contributed by atoms with Crippen LogP contribution in [0, 0.1) is 5.92 Å². The number of likely N-dealkylation sites (N-methyl/N-ethyl adjacent to an activating group) is 1. The van der Waals surface area contributed by atoms with Gasteiger partial charge in [-0.05, 0) is 40.8 Å². The zero-order valence-electron chi connectivity index (χ0n) is 19.2. The third-order valence-electron chi connectivity index (χ3n) is 6.31. The Labute approximate surface area is 195 Å². The van der Waals surface area contributed by atoms with Gasteiger partial charge in [-0.2, -0.15) is 0 Å². The highest BCUT2D eigenvalue weighted by Crippen LogP contribution is 2.27. The Balaban J connectivity index is 1.53. The summed E-state index contributed by atoms with van der Waals surface area (Å²) in [5.41, 5.74) is 4.33.